The van der Waals surface area contributed by atoms with Crippen LogP contribution in [-0.4, -0.2) is 50.4 Å². The van der Waals surface area contributed by atoms with Crippen LogP contribution in [-0.2, 0) is 12.8 Å². The summed E-state index contributed by atoms with van der Waals surface area (Å²) in [5.41, 5.74) is 4.78. The average molecular weight is 573 g/mol. The van der Waals surface area contributed by atoms with E-state index in [4.69, 9.17) is 5.10 Å². The van der Waals surface area contributed by atoms with E-state index in [1.807, 2.05) is 6.07 Å². The molecule has 0 radical (unpaired) electrons. The van der Waals surface area contributed by atoms with Gasteiger partial charge in [-0.05, 0) is 93.4 Å². The highest BCUT2D eigenvalue weighted by atomic mass is 32.1. The van der Waals surface area contributed by atoms with E-state index in [1.165, 1.54) is 22.8 Å². The summed E-state index contributed by atoms with van der Waals surface area (Å²) in [5, 5.41) is 16.4. The van der Waals surface area contributed by atoms with Crippen molar-refractivity contribution in [2.75, 3.05) is 19.6 Å². The van der Waals surface area contributed by atoms with E-state index in [2.05, 4.69) is 21.7 Å². The molecule has 4 aromatic rings. The van der Waals surface area contributed by atoms with Crippen LogP contribution in [0.1, 0.15) is 64.1 Å². The fourth-order valence-corrected chi connectivity index (χ4v) is 6.00. The molecule has 0 spiro atoms. The fourth-order valence-electron chi connectivity index (χ4n) is 5.23. The number of rotatable bonds is 8. The van der Waals surface area contributed by atoms with Gasteiger partial charge in [0.2, 0.25) is 5.13 Å². The third-order valence-corrected chi connectivity index (χ3v) is 8.56. The summed E-state index contributed by atoms with van der Waals surface area (Å²) in [4.78, 5) is 18.2. The number of nitrogens with zero attached hydrogens (tertiary/aromatic N) is 4. The highest BCUT2D eigenvalue weighted by Crippen LogP contribution is 2.38. The molecule has 1 aliphatic heterocycles. The zero-order chi connectivity index (χ0) is 28.5. The zero-order valence-corrected chi connectivity index (χ0v) is 23.6. The van der Waals surface area contributed by atoms with Crippen molar-refractivity contribution in [3.63, 3.8) is 0 Å². The molecule has 2 fully saturated rings. The van der Waals surface area contributed by atoms with Gasteiger partial charge < -0.3 is 5.11 Å². The number of carboxylic acid groups (broad SMARTS) is 1. The van der Waals surface area contributed by atoms with Crippen LogP contribution in [0.5, 0.6) is 0 Å². The summed E-state index contributed by atoms with van der Waals surface area (Å²) in [7, 11) is 0. The third kappa shape index (κ3) is 6.09. The van der Waals surface area contributed by atoms with Gasteiger partial charge in [0, 0.05) is 22.9 Å². The Morgan fingerprint density at radius 2 is 1.93 bits per heavy atom. The predicted molar refractivity (Wildman–Crippen MR) is 155 cm³/mol. The first kappa shape index (κ1) is 27.3. The zero-order valence-electron chi connectivity index (χ0n) is 22.8. The summed E-state index contributed by atoms with van der Waals surface area (Å²) in [5.74, 6) is 4.86. The molecule has 0 amide bonds. The monoisotopic (exact) mass is 572 g/mol. The molecule has 9 heteroatoms. The van der Waals surface area contributed by atoms with E-state index in [0.29, 0.717) is 46.4 Å². The number of halogens is 2. The Kier molecular flexibility index (Phi) is 7.69. The molecule has 2 aromatic carbocycles. The van der Waals surface area contributed by atoms with Crippen LogP contribution in [0.25, 0.3) is 16.4 Å². The summed E-state index contributed by atoms with van der Waals surface area (Å²) in [6.07, 6.45) is 5.69. The summed E-state index contributed by atoms with van der Waals surface area (Å²) in [6.45, 7) is 4.36. The lowest BCUT2D eigenvalue weighted by Gasteiger charge is -2.10. The van der Waals surface area contributed by atoms with E-state index < -0.39 is 11.8 Å². The number of carbonyl (C=O) groups is 1. The molecular weight excluding hydrogens is 542 g/mol. The van der Waals surface area contributed by atoms with Crippen LogP contribution in [0.3, 0.4) is 0 Å². The molecule has 210 valence electrons. The van der Waals surface area contributed by atoms with E-state index in [0.717, 1.165) is 62.0 Å². The van der Waals surface area contributed by atoms with Crippen LogP contribution in [0.4, 0.5) is 8.78 Å². The van der Waals surface area contributed by atoms with Gasteiger partial charge in [-0.3, -0.25) is 4.90 Å². The number of carboxylic acids is 1. The molecule has 1 aliphatic carbocycles. The SMILES string of the molecule is Cc1ccc(Cc2c(-c3ccc(F)c(C#CCN4CCCC4)c3)nn(-c3nc(C(=O)O)cs3)c2CC2CC2)cc1F. The number of benzene rings is 2. The van der Waals surface area contributed by atoms with Crippen LogP contribution in [0.2, 0.25) is 0 Å². The van der Waals surface area contributed by atoms with Gasteiger partial charge in [-0.1, -0.05) is 24.0 Å². The lowest BCUT2D eigenvalue weighted by molar-refractivity contribution is 0.0691. The summed E-state index contributed by atoms with van der Waals surface area (Å²) in [6, 6.07) is 10.1. The Morgan fingerprint density at radius 1 is 1.12 bits per heavy atom. The highest BCUT2D eigenvalue weighted by Gasteiger charge is 2.29. The molecule has 3 heterocycles. The summed E-state index contributed by atoms with van der Waals surface area (Å²) < 4.78 is 31.2. The fraction of sp³-hybridized carbons (Fsp3) is 0.344. The lowest BCUT2D eigenvalue weighted by Crippen LogP contribution is -2.18. The number of hydrogen-bond donors (Lipinski definition) is 1. The standard InChI is InChI=1S/C32H30F2N4O2S/c1-20-6-7-22(16-27(20)34)15-25-29(17-21-8-9-21)38(32-35-28(19-41-32)31(39)40)36-30(25)24-10-11-26(33)23(18-24)5-4-14-37-12-2-3-13-37/h6-7,10-11,16,18-19,21H,2-3,8-9,12-15,17H2,1H3,(H,39,40). The Labute approximate surface area is 241 Å². The van der Waals surface area contributed by atoms with Crippen LogP contribution in [0, 0.1) is 36.3 Å². The van der Waals surface area contributed by atoms with Crippen molar-refractivity contribution in [2.45, 2.75) is 45.4 Å². The van der Waals surface area contributed by atoms with E-state index in [9.17, 15) is 18.7 Å². The Morgan fingerprint density at radius 3 is 2.63 bits per heavy atom. The Balaban J connectivity index is 1.46. The minimum Gasteiger partial charge on any atom is -0.476 e. The van der Waals surface area contributed by atoms with Crippen LogP contribution >= 0.6 is 11.3 Å². The molecule has 2 aromatic heterocycles. The third-order valence-electron chi connectivity index (χ3n) is 7.74. The number of aromatic carboxylic acids is 1. The van der Waals surface area contributed by atoms with Crippen molar-refractivity contribution in [3.8, 4) is 28.2 Å². The predicted octanol–water partition coefficient (Wildman–Crippen LogP) is 6.27. The van der Waals surface area contributed by atoms with Gasteiger partial charge in [-0.25, -0.2) is 23.2 Å². The van der Waals surface area contributed by atoms with Gasteiger partial charge in [-0.15, -0.1) is 11.3 Å². The number of thiazole rings is 1. The van der Waals surface area contributed by atoms with Crippen molar-refractivity contribution in [1.29, 1.82) is 0 Å². The van der Waals surface area contributed by atoms with E-state index in [1.54, 1.807) is 35.9 Å². The van der Waals surface area contributed by atoms with E-state index >= 15 is 0 Å². The molecule has 6 nitrogen and oxygen atoms in total. The number of aryl methyl sites for hydroxylation is 1. The maximum Gasteiger partial charge on any atom is 0.355 e. The Bertz CT molecular complexity index is 1670. The minimum absolute atomic E-state index is 0.0427. The lowest BCUT2D eigenvalue weighted by atomic mass is 9.95. The second kappa shape index (κ2) is 11.6. The smallest absolute Gasteiger partial charge is 0.355 e. The molecule has 1 saturated carbocycles. The quantitative estimate of drug-likeness (QED) is 0.252. The second-order valence-corrected chi connectivity index (χ2v) is 11.7. The van der Waals surface area contributed by atoms with Crippen molar-refractivity contribution >= 4 is 17.3 Å². The Hall–Kier alpha value is -3.87. The van der Waals surface area contributed by atoms with Gasteiger partial charge >= 0.3 is 5.97 Å². The summed E-state index contributed by atoms with van der Waals surface area (Å²) >= 11 is 1.21. The van der Waals surface area contributed by atoms with Crippen molar-refractivity contribution in [2.24, 2.45) is 5.92 Å². The molecule has 0 atom stereocenters. The van der Waals surface area contributed by atoms with Crippen LogP contribution < -0.4 is 0 Å². The van der Waals surface area contributed by atoms with E-state index in [-0.39, 0.29) is 11.5 Å². The molecule has 0 unspecified atom stereocenters. The van der Waals surface area contributed by atoms with Gasteiger partial charge in [-0.2, -0.15) is 5.10 Å². The van der Waals surface area contributed by atoms with Crippen molar-refractivity contribution in [3.05, 3.63) is 87.1 Å². The molecule has 6 rings (SSSR count). The maximum absolute atomic E-state index is 14.9. The maximum atomic E-state index is 14.9. The molecule has 1 N–H and O–H groups in total. The number of hydrogen-bond acceptors (Lipinski definition) is 5. The van der Waals surface area contributed by atoms with Crippen LogP contribution in [0.15, 0.2) is 41.8 Å². The number of aromatic nitrogens is 3. The molecule has 0 bridgehead atoms. The first-order chi connectivity index (χ1) is 19.9. The minimum atomic E-state index is -1.10. The molecular formula is C32H30F2N4O2S. The average Bonchev–Trinajstić information content (AvgIpc) is 3.30. The van der Waals surface area contributed by atoms with Gasteiger partial charge in [0.25, 0.3) is 0 Å². The highest BCUT2D eigenvalue weighted by molar-refractivity contribution is 7.12. The van der Waals surface area contributed by atoms with Gasteiger partial charge in [0.15, 0.2) is 5.69 Å². The van der Waals surface area contributed by atoms with Crippen molar-refractivity contribution in [1.82, 2.24) is 19.7 Å². The second-order valence-electron chi connectivity index (χ2n) is 10.9. The first-order valence-electron chi connectivity index (χ1n) is 13.9. The van der Waals surface area contributed by atoms with Gasteiger partial charge in [0.1, 0.15) is 11.6 Å². The first-order valence-corrected chi connectivity index (χ1v) is 14.8. The molecule has 1 saturated heterocycles. The largest absolute Gasteiger partial charge is 0.476 e. The normalized spacial score (nSPS) is 15.2. The topological polar surface area (TPSA) is 71.2 Å². The molecule has 41 heavy (non-hydrogen) atoms. The molecule has 2 aliphatic rings. The number of likely N-dealkylation sites (tertiary alicyclic amines) is 1. The van der Waals surface area contributed by atoms with Crippen molar-refractivity contribution < 1.29 is 18.7 Å². The van der Waals surface area contributed by atoms with Gasteiger partial charge in [0.05, 0.1) is 23.5 Å².